The third kappa shape index (κ3) is 4.31. The number of hydrogen-bond acceptors (Lipinski definition) is 4. The summed E-state index contributed by atoms with van der Waals surface area (Å²) in [7, 11) is 0. The van der Waals surface area contributed by atoms with Crippen LogP contribution in [0.2, 0.25) is 0 Å². The zero-order valence-corrected chi connectivity index (χ0v) is 14.9. The van der Waals surface area contributed by atoms with Crippen LogP contribution in [0.3, 0.4) is 0 Å². The Kier molecular flexibility index (Phi) is 5.10. The van der Waals surface area contributed by atoms with E-state index in [1.165, 1.54) is 0 Å². The fourth-order valence-electron chi connectivity index (χ4n) is 2.99. The van der Waals surface area contributed by atoms with Gasteiger partial charge in [0.1, 0.15) is 24.7 Å². The predicted molar refractivity (Wildman–Crippen MR) is 102 cm³/mol. The van der Waals surface area contributed by atoms with Gasteiger partial charge in [0.2, 0.25) is 5.91 Å². The number of hydrogen-bond donors (Lipinski definition) is 1. The fraction of sp³-hybridized carbons (Fsp3) is 0.227. The van der Waals surface area contributed by atoms with Gasteiger partial charge in [-0.1, -0.05) is 36.4 Å². The van der Waals surface area contributed by atoms with E-state index in [9.17, 15) is 4.79 Å². The number of amides is 1. The maximum atomic E-state index is 12.1. The van der Waals surface area contributed by atoms with Gasteiger partial charge in [0, 0.05) is 24.9 Å². The van der Waals surface area contributed by atoms with E-state index in [1.807, 2.05) is 60.7 Å². The molecule has 1 N–H and O–H groups in total. The van der Waals surface area contributed by atoms with Gasteiger partial charge in [0.25, 0.3) is 0 Å². The minimum Gasteiger partial charge on any atom is -0.486 e. The molecule has 3 aromatic rings. The van der Waals surface area contributed by atoms with Crippen LogP contribution >= 0.6 is 0 Å². The van der Waals surface area contributed by atoms with Crippen molar-refractivity contribution >= 4 is 5.91 Å². The summed E-state index contributed by atoms with van der Waals surface area (Å²) in [6.45, 7) is 1.58. The molecule has 138 valence electrons. The molecular formula is C22H21NO4. The molecule has 0 fully saturated rings. The Hall–Kier alpha value is -3.21. The normalized spacial score (nSPS) is 12.6. The van der Waals surface area contributed by atoms with E-state index < -0.39 is 0 Å². The summed E-state index contributed by atoms with van der Waals surface area (Å²) in [5, 5.41) is 2.94. The molecule has 27 heavy (non-hydrogen) atoms. The van der Waals surface area contributed by atoms with Gasteiger partial charge in [-0.25, -0.2) is 0 Å². The number of carbonyl (C=O) groups excluding carboxylic acids is 1. The third-order valence-corrected chi connectivity index (χ3v) is 4.41. The number of aryl methyl sites for hydroxylation is 1. The molecule has 5 heteroatoms. The van der Waals surface area contributed by atoms with E-state index in [0.717, 1.165) is 34.1 Å². The molecular weight excluding hydrogens is 342 g/mol. The van der Waals surface area contributed by atoms with Crippen LogP contribution in [0.15, 0.2) is 65.1 Å². The van der Waals surface area contributed by atoms with Crippen LogP contribution < -0.4 is 14.8 Å². The van der Waals surface area contributed by atoms with Gasteiger partial charge < -0.3 is 19.2 Å². The number of carbonyl (C=O) groups is 1. The standard InChI is InChI=1S/C22H21NO4/c24-22(23-15-16-6-9-20-21(14-16)26-13-12-25-20)11-8-18-7-10-19(27-18)17-4-2-1-3-5-17/h1-7,9-10,14H,8,11-13,15H2,(H,23,24). The lowest BCUT2D eigenvalue weighted by atomic mass is 10.2. The van der Waals surface area contributed by atoms with E-state index in [2.05, 4.69) is 5.32 Å². The number of ether oxygens (including phenoxy) is 2. The Bertz CT molecular complexity index is 917. The lowest BCUT2D eigenvalue weighted by molar-refractivity contribution is -0.121. The van der Waals surface area contributed by atoms with Crippen molar-refractivity contribution in [1.29, 1.82) is 0 Å². The maximum Gasteiger partial charge on any atom is 0.220 e. The molecule has 5 nitrogen and oxygen atoms in total. The molecule has 0 spiro atoms. The molecule has 0 bridgehead atoms. The van der Waals surface area contributed by atoms with E-state index in [-0.39, 0.29) is 5.91 Å². The first-order chi connectivity index (χ1) is 13.3. The first-order valence-electron chi connectivity index (χ1n) is 9.07. The molecule has 0 aliphatic carbocycles. The van der Waals surface area contributed by atoms with Gasteiger partial charge in [-0.2, -0.15) is 0 Å². The van der Waals surface area contributed by atoms with Crippen LogP contribution in [0.25, 0.3) is 11.3 Å². The molecule has 0 atom stereocenters. The Morgan fingerprint density at radius 3 is 2.59 bits per heavy atom. The number of benzene rings is 2. The van der Waals surface area contributed by atoms with Crippen LogP contribution in [0.5, 0.6) is 11.5 Å². The quantitative estimate of drug-likeness (QED) is 0.720. The van der Waals surface area contributed by atoms with Crippen LogP contribution in [0.1, 0.15) is 17.7 Å². The van der Waals surface area contributed by atoms with Gasteiger partial charge in [0.15, 0.2) is 11.5 Å². The summed E-state index contributed by atoms with van der Waals surface area (Å²) in [6, 6.07) is 19.5. The smallest absolute Gasteiger partial charge is 0.220 e. The van der Waals surface area contributed by atoms with E-state index in [0.29, 0.717) is 32.6 Å². The van der Waals surface area contributed by atoms with Gasteiger partial charge in [-0.3, -0.25) is 4.79 Å². The number of furan rings is 1. The first kappa shape index (κ1) is 17.2. The second-order valence-electron chi connectivity index (χ2n) is 6.39. The SMILES string of the molecule is O=C(CCc1ccc(-c2ccccc2)o1)NCc1ccc2c(c1)OCCO2. The number of nitrogens with one attached hydrogen (secondary N) is 1. The highest BCUT2D eigenvalue weighted by atomic mass is 16.6. The van der Waals surface area contributed by atoms with Crippen molar-refractivity contribution in [1.82, 2.24) is 5.32 Å². The molecule has 0 saturated heterocycles. The second kappa shape index (κ2) is 7.99. The summed E-state index contributed by atoms with van der Waals surface area (Å²) in [5.41, 5.74) is 2.02. The molecule has 0 saturated carbocycles. The molecule has 4 rings (SSSR count). The highest BCUT2D eigenvalue weighted by Gasteiger charge is 2.12. The van der Waals surface area contributed by atoms with Crippen molar-refractivity contribution < 1.29 is 18.7 Å². The van der Waals surface area contributed by atoms with Gasteiger partial charge in [-0.15, -0.1) is 0 Å². The van der Waals surface area contributed by atoms with E-state index in [4.69, 9.17) is 13.9 Å². The summed E-state index contributed by atoms with van der Waals surface area (Å²) in [5.74, 6) is 3.11. The monoisotopic (exact) mass is 363 g/mol. The van der Waals surface area contributed by atoms with E-state index >= 15 is 0 Å². The summed E-state index contributed by atoms with van der Waals surface area (Å²) < 4.78 is 16.9. The highest BCUT2D eigenvalue weighted by Crippen LogP contribution is 2.30. The summed E-state index contributed by atoms with van der Waals surface area (Å²) in [6.07, 6.45) is 0.950. The Balaban J connectivity index is 1.27. The molecule has 1 aromatic heterocycles. The lowest BCUT2D eigenvalue weighted by Gasteiger charge is -2.18. The van der Waals surface area contributed by atoms with Crippen molar-refractivity contribution in [3.63, 3.8) is 0 Å². The summed E-state index contributed by atoms with van der Waals surface area (Å²) in [4.78, 5) is 12.1. The molecule has 1 aliphatic rings. The molecule has 2 heterocycles. The van der Waals surface area contributed by atoms with Crippen molar-refractivity contribution in [2.24, 2.45) is 0 Å². The molecule has 0 unspecified atom stereocenters. The van der Waals surface area contributed by atoms with Crippen molar-refractivity contribution in [3.8, 4) is 22.8 Å². The molecule has 0 radical (unpaired) electrons. The zero-order valence-electron chi connectivity index (χ0n) is 14.9. The average Bonchev–Trinajstić information content (AvgIpc) is 3.20. The molecule has 1 amide bonds. The molecule has 2 aromatic carbocycles. The van der Waals surface area contributed by atoms with Crippen LogP contribution in [-0.4, -0.2) is 19.1 Å². The fourth-order valence-corrected chi connectivity index (χ4v) is 2.99. The predicted octanol–water partition coefficient (Wildman–Crippen LogP) is 3.97. The minimum atomic E-state index is -0.0115. The third-order valence-electron chi connectivity index (χ3n) is 4.41. The van der Waals surface area contributed by atoms with E-state index in [1.54, 1.807) is 0 Å². The Morgan fingerprint density at radius 1 is 0.926 bits per heavy atom. The van der Waals surface area contributed by atoms with Gasteiger partial charge >= 0.3 is 0 Å². The Labute approximate surface area is 157 Å². The van der Waals surface area contributed by atoms with Crippen molar-refractivity contribution in [2.45, 2.75) is 19.4 Å². The van der Waals surface area contributed by atoms with Gasteiger partial charge in [0.05, 0.1) is 0 Å². The van der Waals surface area contributed by atoms with Crippen molar-refractivity contribution in [2.75, 3.05) is 13.2 Å². The highest BCUT2D eigenvalue weighted by molar-refractivity contribution is 5.76. The first-order valence-corrected chi connectivity index (χ1v) is 9.07. The Morgan fingerprint density at radius 2 is 1.74 bits per heavy atom. The average molecular weight is 363 g/mol. The summed E-state index contributed by atoms with van der Waals surface area (Å²) >= 11 is 0. The minimum absolute atomic E-state index is 0.0115. The largest absolute Gasteiger partial charge is 0.486 e. The molecule has 1 aliphatic heterocycles. The van der Waals surface area contributed by atoms with Crippen molar-refractivity contribution in [3.05, 3.63) is 72.0 Å². The zero-order chi connectivity index (χ0) is 18.5. The topological polar surface area (TPSA) is 60.7 Å². The number of rotatable bonds is 6. The van der Waals surface area contributed by atoms with Crippen LogP contribution in [0.4, 0.5) is 0 Å². The van der Waals surface area contributed by atoms with Crippen LogP contribution in [-0.2, 0) is 17.8 Å². The van der Waals surface area contributed by atoms with Gasteiger partial charge in [-0.05, 0) is 29.8 Å². The number of fused-ring (bicyclic) bond motifs is 1. The second-order valence-corrected chi connectivity index (χ2v) is 6.39. The maximum absolute atomic E-state index is 12.1. The lowest BCUT2D eigenvalue weighted by Crippen LogP contribution is -2.23. The van der Waals surface area contributed by atoms with Crippen LogP contribution in [0, 0.1) is 0 Å².